The first-order chi connectivity index (χ1) is 19.4. The monoisotopic (exact) mass is 554 g/mol. The van der Waals surface area contributed by atoms with Crippen LogP contribution in [0.4, 0.5) is 13.2 Å². The molecule has 3 rings (SSSR count). The number of unbranched alkanes of at least 4 members (excludes halogenated alkanes) is 10. The molecule has 0 saturated heterocycles. The van der Waals surface area contributed by atoms with Crippen molar-refractivity contribution in [3.8, 4) is 0 Å². The summed E-state index contributed by atoms with van der Waals surface area (Å²) in [6, 6.07) is 19.2. The molecule has 1 aromatic heterocycles. The smallest absolute Gasteiger partial charge is 0.345 e. The van der Waals surface area contributed by atoms with Crippen LogP contribution in [0.25, 0.3) is 0 Å². The molecular formula is C34H45F3N2O. The Bertz CT molecular complexity index is 1120. The number of alkyl halides is 3. The predicted molar refractivity (Wildman–Crippen MR) is 157 cm³/mol. The summed E-state index contributed by atoms with van der Waals surface area (Å²) in [5.41, 5.74) is 1.90. The predicted octanol–water partition coefficient (Wildman–Crippen LogP) is 9.79. The van der Waals surface area contributed by atoms with Crippen LogP contribution in [0.1, 0.15) is 106 Å². The molecule has 3 nitrogen and oxygen atoms in total. The van der Waals surface area contributed by atoms with Crippen LogP contribution in [0.15, 0.2) is 72.9 Å². The van der Waals surface area contributed by atoms with E-state index in [1.807, 2.05) is 58.1 Å². The van der Waals surface area contributed by atoms with Crippen LogP contribution >= 0.6 is 0 Å². The zero-order valence-corrected chi connectivity index (χ0v) is 24.0. The quantitative estimate of drug-likeness (QED) is 0.144. The van der Waals surface area contributed by atoms with E-state index in [0.717, 1.165) is 30.2 Å². The number of benzene rings is 2. The lowest BCUT2D eigenvalue weighted by atomic mass is 10.0. The normalized spacial score (nSPS) is 11.6. The maximum atomic E-state index is 13.4. The molecule has 0 radical (unpaired) electrons. The lowest BCUT2D eigenvalue weighted by Crippen LogP contribution is -2.30. The van der Waals surface area contributed by atoms with Gasteiger partial charge in [-0.05, 0) is 41.8 Å². The number of hydrogen-bond donors (Lipinski definition) is 0. The van der Waals surface area contributed by atoms with Crippen molar-refractivity contribution in [1.29, 1.82) is 0 Å². The highest BCUT2D eigenvalue weighted by molar-refractivity contribution is 5.76. The van der Waals surface area contributed by atoms with Gasteiger partial charge in [0.05, 0.1) is 12.1 Å². The average molecular weight is 555 g/mol. The summed E-state index contributed by atoms with van der Waals surface area (Å²) >= 11 is 0. The molecule has 0 bridgehead atoms. The molecule has 0 fully saturated rings. The molecule has 3 aromatic rings. The van der Waals surface area contributed by atoms with E-state index in [4.69, 9.17) is 0 Å². The van der Waals surface area contributed by atoms with Crippen LogP contribution in [-0.2, 0) is 30.6 Å². The topological polar surface area (TPSA) is 25.2 Å². The minimum atomic E-state index is -4.37. The minimum Gasteiger partial charge on any atom is -0.345 e. The summed E-state index contributed by atoms with van der Waals surface area (Å²) in [5.74, 6) is 0.117. The van der Waals surface area contributed by atoms with Crippen LogP contribution in [0, 0.1) is 0 Å². The number of carbonyl (C=O) groups is 1. The second-order valence-corrected chi connectivity index (χ2v) is 10.8. The van der Waals surface area contributed by atoms with E-state index < -0.39 is 11.7 Å². The number of hydrogen-bond acceptors (Lipinski definition) is 1. The van der Waals surface area contributed by atoms with Crippen molar-refractivity contribution in [2.45, 2.75) is 110 Å². The van der Waals surface area contributed by atoms with Gasteiger partial charge in [-0.15, -0.1) is 0 Å². The van der Waals surface area contributed by atoms with Crippen molar-refractivity contribution in [2.24, 2.45) is 0 Å². The van der Waals surface area contributed by atoms with E-state index in [-0.39, 0.29) is 5.91 Å². The lowest BCUT2D eigenvalue weighted by Gasteiger charge is -2.24. The first-order valence-electron chi connectivity index (χ1n) is 15.0. The largest absolute Gasteiger partial charge is 0.416 e. The maximum Gasteiger partial charge on any atom is 0.416 e. The molecule has 0 spiro atoms. The number of amides is 1. The molecule has 218 valence electrons. The first-order valence-corrected chi connectivity index (χ1v) is 15.0. The standard InChI is InChI=1S/C34H45F3N2O/c1-2-3-4-5-6-7-8-9-10-11-15-23-33(40)39(26-29-18-13-12-14-19-29)28-32-22-17-24-38(32)27-30-20-16-21-31(25-30)34(35,36)37/h12-14,16-22,24-25H,2-11,15,23,26-28H2,1H3. The molecule has 0 aliphatic rings. The first kappa shape index (κ1) is 31.5. The maximum absolute atomic E-state index is 13.4. The molecule has 0 aliphatic carbocycles. The number of rotatable bonds is 18. The second-order valence-electron chi connectivity index (χ2n) is 10.8. The Labute approximate surface area is 238 Å². The van der Waals surface area contributed by atoms with Crippen molar-refractivity contribution in [3.05, 3.63) is 95.3 Å². The fourth-order valence-corrected chi connectivity index (χ4v) is 5.12. The Balaban J connectivity index is 1.54. The van der Waals surface area contributed by atoms with Gasteiger partial charge in [0.1, 0.15) is 0 Å². The third-order valence-corrected chi connectivity index (χ3v) is 7.45. The van der Waals surface area contributed by atoms with Gasteiger partial charge in [0.2, 0.25) is 5.91 Å². The Morgan fingerprint density at radius 2 is 1.35 bits per heavy atom. The summed E-state index contributed by atoms with van der Waals surface area (Å²) < 4.78 is 41.5. The van der Waals surface area contributed by atoms with Crippen molar-refractivity contribution in [3.63, 3.8) is 0 Å². The van der Waals surface area contributed by atoms with Gasteiger partial charge in [0, 0.05) is 31.4 Å². The molecule has 1 heterocycles. The van der Waals surface area contributed by atoms with E-state index in [0.29, 0.717) is 31.6 Å². The molecule has 0 aliphatic heterocycles. The zero-order valence-electron chi connectivity index (χ0n) is 24.0. The van der Waals surface area contributed by atoms with Gasteiger partial charge in [0.15, 0.2) is 0 Å². The van der Waals surface area contributed by atoms with Crippen LogP contribution < -0.4 is 0 Å². The lowest BCUT2D eigenvalue weighted by molar-refractivity contribution is -0.137. The zero-order chi connectivity index (χ0) is 28.6. The molecular weight excluding hydrogens is 509 g/mol. The molecule has 0 N–H and O–H groups in total. The number of carbonyl (C=O) groups excluding carboxylic acids is 1. The molecule has 1 amide bonds. The summed E-state index contributed by atoms with van der Waals surface area (Å²) in [7, 11) is 0. The van der Waals surface area contributed by atoms with E-state index in [2.05, 4.69) is 6.92 Å². The second kappa shape index (κ2) is 16.9. The summed E-state index contributed by atoms with van der Waals surface area (Å²) in [6.07, 6.45) is 11.6. The Morgan fingerprint density at radius 3 is 2.00 bits per heavy atom. The Kier molecular flexibility index (Phi) is 13.3. The molecule has 40 heavy (non-hydrogen) atoms. The van der Waals surface area contributed by atoms with Crippen LogP contribution in [0.2, 0.25) is 0 Å². The summed E-state index contributed by atoms with van der Waals surface area (Å²) in [6.45, 7) is 3.48. The van der Waals surface area contributed by atoms with Crippen molar-refractivity contribution < 1.29 is 18.0 Å². The Morgan fingerprint density at radius 1 is 0.725 bits per heavy atom. The molecule has 0 atom stereocenters. The summed E-state index contributed by atoms with van der Waals surface area (Å²) in [5, 5.41) is 0. The van der Waals surface area contributed by atoms with Crippen molar-refractivity contribution in [1.82, 2.24) is 9.47 Å². The van der Waals surface area contributed by atoms with Gasteiger partial charge in [-0.25, -0.2) is 0 Å². The van der Waals surface area contributed by atoms with Crippen molar-refractivity contribution in [2.75, 3.05) is 0 Å². The number of nitrogens with zero attached hydrogens (tertiary/aromatic N) is 2. The molecule has 0 unspecified atom stereocenters. The Hall–Kier alpha value is -3.02. The highest BCUT2D eigenvalue weighted by Gasteiger charge is 2.30. The van der Waals surface area contributed by atoms with Gasteiger partial charge in [-0.3, -0.25) is 4.79 Å². The SMILES string of the molecule is CCCCCCCCCCCCCC(=O)N(Cc1ccccc1)Cc1cccn1Cc1cccc(C(F)(F)F)c1. The molecule has 2 aromatic carbocycles. The van der Waals surface area contributed by atoms with E-state index in [1.165, 1.54) is 69.9 Å². The van der Waals surface area contributed by atoms with Crippen LogP contribution in [-0.4, -0.2) is 15.4 Å². The minimum absolute atomic E-state index is 0.117. The number of halogens is 3. The van der Waals surface area contributed by atoms with E-state index in [9.17, 15) is 18.0 Å². The van der Waals surface area contributed by atoms with Crippen LogP contribution in [0.5, 0.6) is 0 Å². The van der Waals surface area contributed by atoms with Crippen LogP contribution in [0.3, 0.4) is 0 Å². The van der Waals surface area contributed by atoms with Crippen molar-refractivity contribution >= 4 is 5.91 Å². The molecule has 6 heteroatoms. The molecule has 0 saturated carbocycles. The third-order valence-electron chi connectivity index (χ3n) is 7.45. The van der Waals surface area contributed by atoms with E-state index >= 15 is 0 Å². The highest BCUT2D eigenvalue weighted by atomic mass is 19.4. The van der Waals surface area contributed by atoms with Gasteiger partial charge >= 0.3 is 6.18 Å². The van der Waals surface area contributed by atoms with Gasteiger partial charge < -0.3 is 9.47 Å². The van der Waals surface area contributed by atoms with Gasteiger partial charge in [-0.2, -0.15) is 13.2 Å². The van der Waals surface area contributed by atoms with E-state index in [1.54, 1.807) is 6.07 Å². The highest BCUT2D eigenvalue weighted by Crippen LogP contribution is 2.30. The van der Waals surface area contributed by atoms with Gasteiger partial charge in [0.25, 0.3) is 0 Å². The summed E-state index contributed by atoms with van der Waals surface area (Å²) in [4.78, 5) is 15.2. The fourth-order valence-electron chi connectivity index (χ4n) is 5.12. The third kappa shape index (κ3) is 11.2. The average Bonchev–Trinajstić information content (AvgIpc) is 3.37. The number of aromatic nitrogens is 1. The fraction of sp³-hybridized carbons (Fsp3) is 0.500. The van der Waals surface area contributed by atoms with Gasteiger partial charge in [-0.1, -0.05) is 114 Å².